The van der Waals surface area contributed by atoms with E-state index >= 15 is 0 Å². The second-order valence-corrected chi connectivity index (χ2v) is 7.57. The zero-order valence-corrected chi connectivity index (χ0v) is 15.9. The molecule has 1 N–H and O–H groups in total. The summed E-state index contributed by atoms with van der Waals surface area (Å²) in [6.07, 6.45) is -0.287. The molecule has 0 aliphatic carbocycles. The van der Waals surface area contributed by atoms with Crippen LogP contribution in [-0.2, 0) is 4.74 Å². The first kappa shape index (κ1) is 15.9. The molecule has 1 heterocycles. The largest absolute Gasteiger partial charge is 0.356 e. The van der Waals surface area contributed by atoms with Gasteiger partial charge in [0.05, 0.1) is 0 Å². The maximum atomic E-state index is 6.43. The van der Waals surface area contributed by atoms with Crippen LogP contribution in [-0.4, -0.2) is 0 Å². The molecule has 0 bridgehead atoms. The van der Waals surface area contributed by atoms with Gasteiger partial charge in [0.1, 0.15) is 6.10 Å². The lowest BCUT2D eigenvalue weighted by Gasteiger charge is -2.34. The summed E-state index contributed by atoms with van der Waals surface area (Å²) in [5.41, 5.74) is 4.50. The third-order valence-corrected chi connectivity index (χ3v) is 5.15. The summed E-state index contributed by atoms with van der Waals surface area (Å²) in [6, 6.07) is 24.8. The first-order valence-electron chi connectivity index (χ1n) is 7.72. The van der Waals surface area contributed by atoms with Crippen LogP contribution in [0.1, 0.15) is 29.0 Å². The molecular formula is C20H15Br2NO. The van der Waals surface area contributed by atoms with Crippen LogP contribution >= 0.6 is 31.9 Å². The Labute approximate surface area is 158 Å². The van der Waals surface area contributed by atoms with E-state index in [1.165, 1.54) is 0 Å². The van der Waals surface area contributed by atoms with E-state index in [4.69, 9.17) is 4.74 Å². The van der Waals surface area contributed by atoms with Crippen molar-refractivity contribution in [2.24, 2.45) is 0 Å². The predicted molar refractivity (Wildman–Crippen MR) is 104 cm³/mol. The fourth-order valence-electron chi connectivity index (χ4n) is 2.95. The van der Waals surface area contributed by atoms with Crippen molar-refractivity contribution >= 4 is 37.5 Å². The van der Waals surface area contributed by atoms with Crippen molar-refractivity contribution in [1.29, 1.82) is 0 Å². The third-order valence-electron chi connectivity index (χ3n) is 4.13. The first-order chi connectivity index (χ1) is 11.7. The number of ether oxygens (including phenoxy) is 1. The van der Waals surface area contributed by atoms with Gasteiger partial charge in [-0.3, -0.25) is 0 Å². The summed E-state index contributed by atoms with van der Waals surface area (Å²) in [6.45, 7) is 0. The highest BCUT2D eigenvalue weighted by Gasteiger charge is 2.29. The number of hydrogen-bond donors (Lipinski definition) is 1. The summed E-state index contributed by atoms with van der Waals surface area (Å²) >= 11 is 7.06. The van der Waals surface area contributed by atoms with Gasteiger partial charge in [-0.1, -0.05) is 74.3 Å². The standard InChI is InChI=1S/C20H15Br2NO/c21-15-8-6-14(7-9-15)20-23-18-11-10-16(22)12-17(18)19(24-20)13-4-2-1-3-5-13/h1-12,19-20,23H. The Bertz CT molecular complexity index is 849. The summed E-state index contributed by atoms with van der Waals surface area (Å²) in [4.78, 5) is 0. The van der Waals surface area contributed by atoms with Crippen molar-refractivity contribution in [3.8, 4) is 0 Å². The van der Waals surface area contributed by atoms with Crippen LogP contribution in [0.15, 0.2) is 81.7 Å². The number of fused-ring (bicyclic) bond motifs is 1. The van der Waals surface area contributed by atoms with E-state index in [2.05, 4.69) is 79.6 Å². The van der Waals surface area contributed by atoms with Gasteiger partial charge >= 0.3 is 0 Å². The van der Waals surface area contributed by atoms with Crippen LogP contribution in [0.5, 0.6) is 0 Å². The van der Waals surface area contributed by atoms with Gasteiger partial charge in [-0.2, -0.15) is 0 Å². The number of halogens is 2. The molecule has 0 amide bonds. The Morgan fingerprint density at radius 1 is 0.750 bits per heavy atom. The highest BCUT2D eigenvalue weighted by atomic mass is 79.9. The molecule has 24 heavy (non-hydrogen) atoms. The SMILES string of the molecule is Brc1ccc(C2Nc3ccc(Br)cc3C(c3ccccc3)O2)cc1. The fraction of sp³-hybridized carbons (Fsp3) is 0.100. The number of benzene rings is 3. The van der Waals surface area contributed by atoms with E-state index in [-0.39, 0.29) is 12.3 Å². The van der Waals surface area contributed by atoms with Crippen molar-refractivity contribution in [3.63, 3.8) is 0 Å². The third kappa shape index (κ3) is 3.14. The molecule has 120 valence electrons. The molecule has 4 rings (SSSR count). The van der Waals surface area contributed by atoms with Crippen molar-refractivity contribution < 1.29 is 4.74 Å². The molecule has 2 nitrogen and oxygen atoms in total. The molecule has 4 heteroatoms. The van der Waals surface area contributed by atoms with Crippen molar-refractivity contribution in [3.05, 3.63) is 98.4 Å². The lowest BCUT2D eigenvalue weighted by atomic mass is 9.97. The average molecular weight is 445 g/mol. The van der Waals surface area contributed by atoms with Crippen LogP contribution in [0.2, 0.25) is 0 Å². The lowest BCUT2D eigenvalue weighted by Crippen LogP contribution is -2.25. The first-order valence-corrected chi connectivity index (χ1v) is 9.31. The van der Waals surface area contributed by atoms with E-state index in [1.54, 1.807) is 0 Å². The van der Waals surface area contributed by atoms with E-state index in [9.17, 15) is 0 Å². The maximum absolute atomic E-state index is 6.43. The van der Waals surface area contributed by atoms with Gasteiger partial charge < -0.3 is 10.1 Å². The molecule has 2 atom stereocenters. The quantitative estimate of drug-likeness (QED) is 0.490. The number of nitrogens with one attached hydrogen (secondary N) is 1. The predicted octanol–water partition coefficient (Wildman–Crippen LogP) is 6.44. The van der Waals surface area contributed by atoms with Crippen LogP contribution < -0.4 is 5.32 Å². The van der Waals surface area contributed by atoms with Crippen molar-refractivity contribution in [2.75, 3.05) is 5.32 Å². The monoisotopic (exact) mass is 443 g/mol. The molecule has 3 aromatic carbocycles. The van der Waals surface area contributed by atoms with Crippen molar-refractivity contribution in [2.45, 2.75) is 12.3 Å². The van der Waals surface area contributed by atoms with E-state index in [0.717, 1.165) is 31.3 Å². The number of hydrogen-bond acceptors (Lipinski definition) is 2. The number of rotatable bonds is 2. The Hall–Kier alpha value is -1.62. The molecule has 2 unspecified atom stereocenters. The minimum absolute atomic E-state index is 0.103. The maximum Gasteiger partial charge on any atom is 0.155 e. The summed E-state index contributed by atoms with van der Waals surface area (Å²) in [5, 5.41) is 3.50. The minimum Gasteiger partial charge on any atom is -0.356 e. The van der Waals surface area contributed by atoms with Crippen molar-refractivity contribution in [1.82, 2.24) is 0 Å². The molecule has 0 saturated heterocycles. The molecular weight excluding hydrogens is 430 g/mol. The Morgan fingerprint density at radius 3 is 2.21 bits per heavy atom. The van der Waals surface area contributed by atoms with E-state index < -0.39 is 0 Å². The van der Waals surface area contributed by atoms with Crippen LogP contribution in [0.3, 0.4) is 0 Å². The smallest absolute Gasteiger partial charge is 0.155 e. The molecule has 3 aromatic rings. The molecule has 0 saturated carbocycles. The lowest BCUT2D eigenvalue weighted by molar-refractivity contribution is 0.0157. The van der Waals surface area contributed by atoms with Gasteiger partial charge in [0.2, 0.25) is 0 Å². The average Bonchev–Trinajstić information content (AvgIpc) is 2.62. The van der Waals surface area contributed by atoms with Crippen LogP contribution in [0.25, 0.3) is 0 Å². The van der Waals surface area contributed by atoms with Gasteiger partial charge in [0.15, 0.2) is 6.23 Å². The van der Waals surface area contributed by atoms with E-state index in [0.29, 0.717) is 0 Å². The molecule has 0 spiro atoms. The second-order valence-electron chi connectivity index (χ2n) is 5.73. The normalized spacial score (nSPS) is 19.4. The summed E-state index contributed by atoms with van der Waals surface area (Å²) < 4.78 is 8.54. The van der Waals surface area contributed by atoms with Gasteiger partial charge in [0, 0.05) is 25.8 Å². The zero-order valence-electron chi connectivity index (χ0n) is 12.7. The highest BCUT2D eigenvalue weighted by Crippen LogP contribution is 2.42. The zero-order chi connectivity index (χ0) is 16.5. The Morgan fingerprint density at radius 2 is 1.46 bits per heavy atom. The van der Waals surface area contributed by atoms with Gasteiger partial charge in [-0.05, 0) is 35.9 Å². The van der Waals surface area contributed by atoms with Crippen LogP contribution in [0, 0.1) is 0 Å². The fourth-order valence-corrected chi connectivity index (χ4v) is 3.60. The van der Waals surface area contributed by atoms with Gasteiger partial charge in [0.25, 0.3) is 0 Å². The molecule has 1 aliphatic heterocycles. The molecule has 0 fully saturated rings. The van der Waals surface area contributed by atoms with E-state index in [1.807, 2.05) is 30.3 Å². The van der Waals surface area contributed by atoms with Gasteiger partial charge in [-0.25, -0.2) is 0 Å². The molecule has 0 aromatic heterocycles. The highest BCUT2D eigenvalue weighted by molar-refractivity contribution is 9.10. The Balaban J connectivity index is 1.77. The summed E-state index contributed by atoms with van der Waals surface area (Å²) in [7, 11) is 0. The molecule has 1 aliphatic rings. The van der Waals surface area contributed by atoms with Gasteiger partial charge in [-0.15, -0.1) is 0 Å². The number of anilines is 1. The minimum atomic E-state index is -0.183. The second kappa shape index (κ2) is 6.71. The molecule has 0 radical (unpaired) electrons. The topological polar surface area (TPSA) is 21.3 Å². The van der Waals surface area contributed by atoms with Crippen LogP contribution in [0.4, 0.5) is 5.69 Å². The summed E-state index contributed by atoms with van der Waals surface area (Å²) in [5.74, 6) is 0. The Kier molecular flexibility index (Phi) is 4.44.